The van der Waals surface area contributed by atoms with E-state index in [0.717, 1.165) is 28.1 Å². The number of fused-ring (bicyclic) bond motifs is 1. The summed E-state index contributed by atoms with van der Waals surface area (Å²) in [5.41, 5.74) is 6.13. The van der Waals surface area contributed by atoms with Crippen molar-refractivity contribution in [3.05, 3.63) is 89.2 Å². The van der Waals surface area contributed by atoms with E-state index in [0.29, 0.717) is 6.54 Å². The Hall–Kier alpha value is -3.14. The summed E-state index contributed by atoms with van der Waals surface area (Å²) in [4.78, 5) is 19.4. The lowest BCUT2D eigenvalue weighted by Gasteiger charge is -2.24. The Bertz CT molecular complexity index is 1020. The molecule has 0 spiro atoms. The fraction of sp³-hybridized carbons (Fsp3) is 0.280. The number of nitrogens with zero attached hydrogens (tertiary/aromatic N) is 2. The first-order valence-corrected chi connectivity index (χ1v) is 10.1. The van der Waals surface area contributed by atoms with E-state index < -0.39 is 0 Å². The molecule has 2 aromatic carbocycles. The highest BCUT2D eigenvalue weighted by molar-refractivity contribution is 6.14. The normalized spacial score (nSPS) is 16.1. The molecule has 1 amide bonds. The van der Waals surface area contributed by atoms with E-state index in [-0.39, 0.29) is 17.4 Å². The Morgan fingerprint density at radius 2 is 1.69 bits per heavy atom. The van der Waals surface area contributed by atoms with Crippen LogP contribution in [-0.2, 0) is 12.0 Å². The molecular formula is C25H27N3O. The van der Waals surface area contributed by atoms with E-state index in [4.69, 9.17) is 0 Å². The third-order valence-corrected chi connectivity index (χ3v) is 5.61. The molecular weight excluding hydrogens is 358 g/mol. The van der Waals surface area contributed by atoms with Gasteiger partial charge >= 0.3 is 0 Å². The van der Waals surface area contributed by atoms with Gasteiger partial charge in [0.05, 0.1) is 11.6 Å². The maximum absolute atomic E-state index is 13.4. The van der Waals surface area contributed by atoms with E-state index in [1.807, 2.05) is 29.2 Å². The van der Waals surface area contributed by atoms with Crippen molar-refractivity contribution < 1.29 is 4.79 Å². The Morgan fingerprint density at radius 3 is 2.34 bits per heavy atom. The second kappa shape index (κ2) is 7.36. The molecule has 29 heavy (non-hydrogen) atoms. The third-order valence-electron chi connectivity index (χ3n) is 5.61. The summed E-state index contributed by atoms with van der Waals surface area (Å²) < 4.78 is 0. The number of nitrogens with one attached hydrogen (secondary N) is 1. The van der Waals surface area contributed by atoms with Crippen LogP contribution in [0.15, 0.2) is 67.0 Å². The van der Waals surface area contributed by atoms with Crippen LogP contribution in [0.2, 0.25) is 0 Å². The average Bonchev–Trinajstić information content (AvgIpc) is 2.97. The van der Waals surface area contributed by atoms with Crippen LogP contribution in [0.3, 0.4) is 0 Å². The zero-order valence-electron chi connectivity index (χ0n) is 17.4. The van der Waals surface area contributed by atoms with E-state index in [2.05, 4.69) is 68.3 Å². The first-order valence-electron chi connectivity index (χ1n) is 10.1. The molecule has 1 aromatic heterocycles. The lowest BCUT2D eigenvalue weighted by Crippen LogP contribution is -2.26. The van der Waals surface area contributed by atoms with Crippen molar-refractivity contribution >= 4 is 17.3 Å². The van der Waals surface area contributed by atoms with E-state index >= 15 is 0 Å². The Morgan fingerprint density at radius 1 is 1.00 bits per heavy atom. The minimum atomic E-state index is 0.000613. The predicted molar refractivity (Wildman–Crippen MR) is 118 cm³/mol. The molecule has 0 bridgehead atoms. The Balaban J connectivity index is 1.62. The topological polar surface area (TPSA) is 45.2 Å². The molecule has 3 aromatic rings. The van der Waals surface area contributed by atoms with Crippen LogP contribution in [0.5, 0.6) is 0 Å². The smallest absolute Gasteiger partial charge is 0.261 e. The third kappa shape index (κ3) is 3.63. The molecule has 4 nitrogen and oxygen atoms in total. The molecule has 1 atom stereocenters. The van der Waals surface area contributed by atoms with Crippen LogP contribution in [0.1, 0.15) is 60.8 Å². The van der Waals surface area contributed by atoms with Crippen LogP contribution in [0.25, 0.3) is 0 Å². The van der Waals surface area contributed by atoms with Crippen molar-refractivity contribution in [1.29, 1.82) is 0 Å². The summed E-state index contributed by atoms with van der Waals surface area (Å²) in [6.45, 7) is 9.33. The standard InChI is InChI=1S/C25H27N3O/c1-17-21-6-5-7-22(27-16-18-12-14-26-15-13-18)23(21)24(29)28(17)20-10-8-19(9-11-20)25(2,3)4/h5-15,17,27H,16H2,1-4H3. The van der Waals surface area contributed by atoms with Crippen LogP contribution in [-0.4, -0.2) is 10.9 Å². The summed E-state index contributed by atoms with van der Waals surface area (Å²) in [6, 6.07) is 18.4. The van der Waals surface area contributed by atoms with Gasteiger partial charge in [0, 0.05) is 30.3 Å². The van der Waals surface area contributed by atoms with Crippen molar-refractivity contribution in [1.82, 2.24) is 4.98 Å². The maximum Gasteiger partial charge on any atom is 0.261 e. The SMILES string of the molecule is CC1c2cccc(NCc3ccncc3)c2C(=O)N1c1ccc(C(C)(C)C)cc1. The maximum atomic E-state index is 13.4. The van der Waals surface area contributed by atoms with Gasteiger partial charge in [-0.3, -0.25) is 9.78 Å². The van der Waals surface area contributed by atoms with Gasteiger partial charge in [-0.25, -0.2) is 0 Å². The van der Waals surface area contributed by atoms with E-state index in [9.17, 15) is 4.79 Å². The van der Waals surface area contributed by atoms with Gasteiger partial charge in [0.25, 0.3) is 5.91 Å². The number of rotatable bonds is 4. The molecule has 0 saturated carbocycles. The van der Waals surface area contributed by atoms with Crippen molar-refractivity contribution in [3.8, 4) is 0 Å². The lowest BCUT2D eigenvalue weighted by atomic mass is 9.87. The van der Waals surface area contributed by atoms with E-state index in [1.54, 1.807) is 12.4 Å². The number of pyridine rings is 1. The number of anilines is 2. The second-order valence-corrected chi connectivity index (χ2v) is 8.63. The molecule has 1 unspecified atom stereocenters. The summed E-state index contributed by atoms with van der Waals surface area (Å²) in [6.07, 6.45) is 3.56. The molecule has 0 fully saturated rings. The van der Waals surface area contributed by atoms with Crippen molar-refractivity contribution in [2.24, 2.45) is 0 Å². The minimum absolute atomic E-state index is 0.000613. The lowest BCUT2D eigenvalue weighted by molar-refractivity contribution is 0.0993. The van der Waals surface area contributed by atoms with Crippen LogP contribution < -0.4 is 10.2 Å². The average molecular weight is 386 g/mol. The summed E-state index contributed by atoms with van der Waals surface area (Å²) in [5.74, 6) is 0.0498. The number of carbonyl (C=O) groups excluding carboxylic acids is 1. The summed E-state index contributed by atoms with van der Waals surface area (Å²) >= 11 is 0. The van der Waals surface area contributed by atoms with Gasteiger partial charge in [0.15, 0.2) is 0 Å². The fourth-order valence-electron chi connectivity index (χ4n) is 3.90. The number of amides is 1. The monoisotopic (exact) mass is 385 g/mol. The number of benzene rings is 2. The molecule has 1 aliphatic heterocycles. The summed E-state index contributed by atoms with van der Waals surface area (Å²) in [7, 11) is 0. The van der Waals surface area contributed by atoms with Gasteiger partial charge in [-0.2, -0.15) is 0 Å². The highest BCUT2D eigenvalue weighted by atomic mass is 16.2. The van der Waals surface area contributed by atoms with Crippen molar-refractivity contribution in [2.75, 3.05) is 10.2 Å². The van der Waals surface area contributed by atoms with Gasteiger partial charge in [-0.05, 0) is 59.4 Å². The molecule has 148 valence electrons. The number of hydrogen-bond acceptors (Lipinski definition) is 3. The molecule has 0 radical (unpaired) electrons. The van der Waals surface area contributed by atoms with Crippen molar-refractivity contribution in [3.63, 3.8) is 0 Å². The first kappa shape index (κ1) is 19.2. The van der Waals surface area contributed by atoms with Crippen molar-refractivity contribution in [2.45, 2.75) is 45.7 Å². The van der Waals surface area contributed by atoms with Gasteiger partial charge in [0.1, 0.15) is 0 Å². The quantitative estimate of drug-likeness (QED) is 0.625. The molecule has 4 rings (SSSR count). The van der Waals surface area contributed by atoms with Crippen LogP contribution in [0, 0.1) is 0 Å². The molecule has 0 aliphatic carbocycles. The first-order chi connectivity index (χ1) is 13.9. The second-order valence-electron chi connectivity index (χ2n) is 8.63. The largest absolute Gasteiger partial charge is 0.380 e. The van der Waals surface area contributed by atoms with E-state index in [1.165, 1.54) is 5.56 Å². The molecule has 1 N–H and O–H groups in total. The van der Waals surface area contributed by atoms with Gasteiger partial charge in [-0.15, -0.1) is 0 Å². The zero-order chi connectivity index (χ0) is 20.6. The minimum Gasteiger partial charge on any atom is -0.380 e. The molecule has 2 heterocycles. The summed E-state index contributed by atoms with van der Waals surface area (Å²) in [5, 5.41) is 3.44. The van der Waals surface area contributed by atoms with Gasteiger partial charge in [0.2, 0.25) is 0 Å². The highest BCUT2D eigenvalue weighted by Crippen LogP contribution is 2.40. The number of aromatic nitrogens is 1. The highest BCUT2D eigenvalue weighted by Gasteiger charge is 2.36. The predicted octanol–water partition coefficient (Wildman–Crippen LogP) is 5.71. The van der Waals surface area contributed by atoms with Gasteiger partial charge < -0.3 is 10.2 Å². The molecule has 0 saturated heterocycles. The number of hydrogen-bond donors (Lipinski definition) is 1. The number of carbonyl (C=O) groups is 1. The molecule has 4 heteroatoms. The van der Waals surface area contributed by atoms with Gasteiger partial charge in [-0.1, -0.05) is 45.0 Å². The zero-order valence-corrected chi connectivity index (χ0v) is 17.4. The van der Waals surface area contributed by atoms with Crippen LogP contribution >= 0.6 is 0 Å². The molecule has 1 aliphatic rings. The fourth-order valence-corrected chi connectivity index (χ4v) is 3.90. The Kier molecular flexibility index (Phi) is 4.87. The van der Waals surface area contributed by atoms with Crippen LogP contribution in [0.4, 0.5) is 11.4 Å². The Labute approximate surface area is 172 Å².